The van der Waals surface area contributed by atoms with Gasteiger partial charge >= 0.3 is 12.3 Å². The van der Waals surface area contributed by atoms with E-state index >= 15 is 0 Å². The Balaban J connectivity index is 1.85. The maximum atomic E-state index is 14.2. The molecule has 1 aromatic carbocycles. The number of amides is 1. The number of nitrogens with two attached hydrogens (primary N) is 2. The summed E-state index contributed by atoms with van der Waals surface area (Å²) in [4.78, 5) is 20.0. The molecule has 0 spiro atoms. The summed E-state index contributed by atoms with van der Waals surface area (Å²) in [7, 11) is 0. The number of fused-ring (bicyclic) bond motifs is 1. The van der Waals surface area contributed by atoms with Crippen molar-refractivity contribution in [3.8, 4) is 0 Å². The standard InChI is InChI=1S/C20H18F4N8O2/c21-12-6-2-1-4-10(12)8-32-17-11(5-3-7-28-17)13(30-32)18-29-15(25)14(34-19(27)33)16(26)31(18)9-20(22,23)24/h1-7,14,16,25H,8-9,26H2,(H2,27,33). The Morgan fingerprint density at radius 1 is 1.21 bits per heavy atom. The van der Waals surface area contributed by atoms with E-state index in [9.17, 15) is 22.4 Å². The largest absolute Gasteiger partial charge is 0.434 e. The van der Waals surface area contributed by atoms with Crippen molar-refractivity contribution >= 4 is 28.8 Å². The van der Waals surface area contributed by atoms with Gasteiger partial charge in [0.25, 0.3) is 0 Å². The van der Waals surface area contributed by atoms with Gasteiger partial charge < -0.3 is 21.1 Å². The first-order valence-electron chi connectivity index (χ1n) is 9.82. The normalized spacial score (nSPS) is 18.8. The van der Waals surface area contributed by atoms with Crippen LogP contribution in [0.1, 0.15) is 11.3 Å². The highest BCUT2D eigenvalue weighted by atomic mass is 19.4. The summed E-state index contributed by atoms with van der Waals surface area (Å²) in [6, 6.07) is 9.06. The van der Waals surface area contributed by atoms with E-state index in [-0.39, 0.29) is 29.3 Å². The van der Waals surface area contributed by atoms with Gasteiger partial charge in [0.05, 0.1) is 11.9 Å². The maximum absolute atomic E-state index is 14.2. The molecule has 4 rings (SSSR count). The fourth-order valence-corrected chi connectivity index (χ4v) is 3.59. The lowest BCUT2D eigenvalue weighted by Gasteiger charge is -2.38. The van der Waals surface area contributed by atoms with E-state index in [1.54, 1.807) is 18.2 Å². The van der Waals surface area contributed by atoms with Crippen LogP contribution in [0.2, 0.25) is 0 Å². The molecule has 0 radical (unpaired) electrons. The highest BCUT2D eigenvalue weighted by Gasteiger charge is 2.44. The van der Waals surface area contributed by atoms with Crippen LogP contribution in [0.5, 0.6) is 0 Å². The average molecular weight is 478 g/mol. The van der Waals surface area contributed by atoms with Crippen LogP contribution in [0, 0.1) is 11.2 Å². The van der Waals surface area contributed by atoms with E-state index in [1.807, 2.05) is 0 Å². The number of amidine groups is 2. The van der Waals surface area contributed by atoms with Crippen LogP contribution in [0.25, 0.3) is 11.0 Å². The number of hydrogen-bond acceptors (Lipinski definition) is 7. The van der Waals surface area contributed by atoms with Gasteiger partial charge in [-0.15, -0.1) is 0 Å². The molecule has 10 nitrogen and oxygen atoms in total. The molecule has 0 bridgehead atoms. The fraction of sp³-hybridized carbons (Fsp3) is 0.250. The second-order valence-corrected chi connectivity index (χ2v) is 7.38. The van der Waals surface area contributed by atoms with Crippen LogP contribution >= 0.6 is 0 Å². The zero-order chi connectivity index (χ0) is 24.6. The van der Waals surface area contributed by atoms with Crippen molar-refractivity contribution in [3.63, 3.8) is 0 Å². The third-order valence-corrected chi connectivity index (χ3v) is 5.03. The molecule has 0 fully saturated rings. The lowest BCUT2D eigenvalue weighted by atomic mass is 10.1. The number of primary amides is 1. The van der Waals surface area contributed by atoms with E-state index in [2.05, 4.69) is 15.1 Å². The highest BCUT2D eigenvalue weighted by molar-refractivity contribution is 6.13. The molecule has 0 aliphatic carbocycles. The number of benzene rings is 1. The van der Waals surface area contributed by atoms with Gasteiger partial charge in [0.2, 0.25) is 0 Å². The molecule has 5 N–H and O–H groups in total. The number of carbonyl (C=O) groups excluding carboxylic acids is 1. The molecule has 0 saturated carbocycles. The van der Waals surface area contributed by atoms with Crippen molar-refractivity contribution in [3.05, 3.63) is 59.7 Å². The second-order valence-electron chi connectivity index (χ2n) is 7.38. The highest BCUT2D eigenvalue weighted by Crippen LogP contribution is 2.27. The molecule has 34 heavy (non-hydrogen) atoms. The molecule has 178 valence electrons. The summed E-state index contributed by atoms with van der Waals surface area (Å²) in [5.41, 5.74) is 11.4. The van der Waals surface area contributed by atoms with Gasteiger partial charge in [0, 0.05) is 11.8 Å². The van der Waals surface area contributed by atoms with Crippen molar-refractivity contribution in [2.75, 3.05) is 6.54 Å². The Hall–Kier alpha value is -4.07. The molecule has 1 aliphatic heterocycles. The van der Waals surface area contributed by atoms with Crippen molar-refractivity contribution < 1.29 is 27.1 Å². The Morgan fingerprint density at radius 2 is 1.94 bits per heavy atom. The molecule has 0 saturated heterocycles. The Labute approximate surface area is 189 Å². The van der Waals surface area contributed by atoms with Gasteiger partial charge in [0.1, 0.15) is 24.2 Å². The number of alkyl halides is 3. The first kappa shape index (κ1) is 23.1. The number of carbonyl (C=O) groups is 1. The molecule has 2 atom stereocenters. The molecule has 3 aromatic rings. The van der Waals surface area contributed by atoms with Crippen LogP contribution < -0.4 is 11.5 Å². The van der Waals surface area contributed by atoms with Crippen LogP contribution in [0.4, 0.5) is 22.4 Å². The zero-order valence-electron chi connectivity index (χ0n) is 17.3. The summed E-state index contributed by atoms with van der Waals surface area (Å²) in [5.74, 6) is -1.47. The molecule has 1 aliphatic rings. The van der Waals surface area contributed by atoms with Crippen LogP contribution in [-0.4, -0.2) is 62.4 Å². The predicted molar refractivity (Wildman–Crippen MR) is 112 cm³/mol. The van der Waals surface area contributed by atoms with E-state index in [0.29, 0.717) is 10.3 Å². The molecule has 14 heteroatoms. The van der Waals surface area contributed by atoms with Gasteiger partial charge in [-0.25, -0.2) is 23.8 Å². The van der Waals surface area contributed by atoms with Crippen molar-refractivity contribution in [1.29, 1.82) is 5.41 Å². The predicted octanol–water partition coefficient (Wildman–Crippen LogP) is 1.97. The first-order valence-corrected chi connectivity index (χ1v) is 9.82. The molecular weight excluding hydrogens is 460 g/mol. The third kappa shape index (κ3) is 4.52. The van der Waals surface area contributed by atoms with E-state index in [0.717, 1.165) is 0 Å². The quantitative estimate of drug-likeness (QED) is 0.478. The Bertz CT molecular complexity index is 1290. The van der Waals surface area contributed by atoms with Crippen LogP contribution in [0.15, 0.2) is 47.6 Å². The summed E-state index contributed by atoms with van der Waals surface area (Å²) in [6.07, 6.45) is -7.85. The first-order chi connectivity index (χ1) is 16.0. The number of halogens is 4. The Morgan fingerprint density at radius 3 is 2.62 bits per heavy atom. The van der Waals surface area contributed by atoms with E-state index in [1.165, 1.54) is 29.1 Å². The number of rotatable bonds is 5. The average Bonchev–Trinajstić information content (AvgIpc) is 3.12. The number of ether oxygens (including phenoxy) is 1. The molecule has 2 unspecified atom stereocenters. The summed E-state index contributed by atoms with van der Waals surface area (Å²) >= 11 is 0. The van der Waals surface area contributed by atoms with Gasteiger partial charge in [-0.3, -0.25) is 5.41 Å². The molecule has 1 amide bonds. The fourth-order valence-electron chi connectivity index (χ4n) is 3.59. The summed E-state index contributed by atoms with van der Waals surface area (Å²) < 4.78 is 60.5. The minimum absolute atomic E-state index is 0.0542. The topological polar surface area (TPSA) is 148 Å². The Kier molecular flexibility index (Phi) is 5.91. The van der Waals surface area contributed by atoms with Crippen molar-refractivity contribution in [2.45, 2.75) is 25.0 Å². The van der Waals surface area contributed by atoms with Gasteiger partial charge in [-0.2, -0.15) is 18.3 Å². The lowest BCUT2D eigenvalue weighted by molar-refractivity contribution is -0.143. The van der Waals surface area contributed by atoms with Crippen LogP contribution in [0.3, 0.4) is 0 Å². The minimum atomic E-state index is -4.72. The minimum Gasteiger partial charge on any atom is -0.434 e. The molecular formula is C20H18F4N8O2. The summed E-state index contributed by atoms with van der Waals surface area (Å²) in [6.45, 7) is -1.63. The van der Waals surface area contributed by atoms with Crippen molar-refractivity contribution in [1.82, 2.24) is 19.7 Å². The monoisotopic (exact) mass is 478 g/mol. The second kappa shape index (κ2) is 8.70. The van der Waals surface area contributed by atoms with Gasteiger partial charge in [0.15, 0.2) is 23.4 Å². The number of pyridine rings is 1. The third-order valence-electron chi connectivity index (χ3n) is 5.03. The number of nitrogens with zero attached hydrogens (tertiary/aromatic N) is 5. The number of nitrogens with one attached hydrogen (secondary N) is 1. The zero-order valence-corrected chi connectivity index (χ0v) is 17.3. The van der Waals surface area contributed by atoms with E-state index < -0.39 is 42.7 Å². The van der Waals surface area contributed by atoms with Gasteiger partial charge in [-0.1, -0.05) is 18.2 Å². The van der Waals surface area contributed by atoms with Crippen molar-refractivity contribution in [2.24, 2.45) is 16.5 Å². The SMILES string of the molecule is N=C1N=C(c2nn(Cc3ccccc3F)c3ncccc23)N(CC(F)(F)F)C(N)C1OC(N)=O. The number of aromatic nitrogens is 3. The smallest absolute Gasteiger partial charge is 0.406 e. The molecule has 3 heterocycles. The van der Waals surface area contributed by atoms with Gasteiger partial charge in [-0.05, 0) is 18.2 Å². The molecule has 2 aromatic heterocycles. The number of hydrogen-bond donors (Lipinski definition) is 3. The number of aliphatic imine (C=N–C) groups is 1. The van der Waals surface area contributed by atoms with E-state index in [4.69, 9.17) is 21.6 Å². The lowest BCUT2D eigenvalue weighted by Crippen LogP contribution is -2.61. The maximum Gasteiger partial charge on any atom is 0.406 e. The summed E-state index contributed by atoms with van der Waals surface area (Å²) in [5, 5.41) is 12.7. The van der Waals surface area contributed by atoms with Crippen LogP contribution in [-0.2, 0) is 11.3 Å².